The lowest BCUT2D eigenvalue weighted by atomic mass is 10.1. The molecule has 1 unspecified atom stereocenters. The van der Waals surface area contributed by atoms with Crippen molar-refractivity contribution in [2.24, 2.45) is 5.92 Å². The third-order valence-corrected chi connectivity index (χ3v) is 5.26. The van der Waals surface area contributed by atoms with Gasteiger partial charge in [-0.1, -0.05) is 0 Å². The molecular formula is C16H18N4O2S. The van der Waals surface area contributed by atoms with Crippen LogP contribution in [0.2, 0.25) is 0 Å². The highest BCUT2D eigenvalue weighted by Gasteiger charge is 2.31. The summed E-state index contributed by atoms with van der Waals surface area (Å²) in [5.74, 6) is 1.31. The molecule has 2 aliphatic rings. The van der Waals surface area contributed by atoms with Crippen LogP contribution in [0.3, 0.4) is 0 Å². The highest BCUT2D eigenvalue weighted by atomic mass is 32.1. The van der Waals surface area contributed by atoms with Crippen molar-refractivity contribution in [2.45, 2.75) is 31.6 Å². The van der Waals surface area contributed by atoms with Gasteiger partial charge in [-0.25, -0.2) is 9.97 Å². The van der Waals surface area contributed by atoms with Crippen LogP contribution < -0.4 is 5.56 Å². The van der Waals surface area contributed by atoms with Gasteiger partial charge in [0.25, 0.3) is 11.5 Å². The third kappa shape index (κ3) is 3.19. The van der Waals surface area contributed by atoms with E-state index in [-0.39, 0.29) is 17.2 Å². The Bertz CT molecular complexity index is 767. The van der Waals surface area contributed by atoms with Crippen LogP contribution in [0.4, 0.5) is 0 Å². The molecule has 23 heavy (non-hydrogen) atoms. The molecule has 1 N–H and O–H groups in total. The lowest BCUT2D eigenvalue weighted by Gasteiger charge is -2.16. The normalized spacial score (nSPS) is 20.9. The Balaban J connectivity index is 1.46. The zero-order valence-corrected chi connectivity index (χ0v) is 13.5. The summed E-state index contributed by atoms with van der Waals surface area (Å²) in [5.41, 5.74) is 0.0503. The molecule has 1 saturated heterocycles. The first-order chi connectivity index (χ1) is 11.2. The fraction of sp³-hybridized carbons (Fsp3) is 0.500. The van der Waals surface area contributed by atoms with Crippen molar-refractivity contribution >= 4 is 17.2 Å². The number of likely N-dealkylation sites (tertiary alicyclic amines) is 1. The van der Waals surface area contributed by atoms with Gasteiger partial charge < -0.3 is 9.88 Å². The van der Waals surface area contributed by atoms with E-state index in [1.165, 1.54) is 6.07 Å². The number of nitrogens with one attached hydrogen (secondary N) is 1. The molecule has 0 aromatic carbocycles. The second-order valence-electron chi connectivity index (χ2n) is 6.33. The molecule has 120 valence electrons. The Morgan fingerprint density at radius 3 is 3.00 bits per heavy atom. The number of aromatic nitrogens is 3. The van der Waals surface area contributed by atoms with Crippen LogP contribution in [0.15, 0.2) is 22.4 Å². The summed E-state index contributed by atoms with van der Waals surface area (Å²) in [6.45, 7) is 1.44. The topological polar surface area (TPSA) is 79.0 Å². The van der Waals surface area contributed by atoms with Crippen LogP contribution in [-0.4, -0.2) is 38.8 Å². The van der Waals surface area contributed by atoms with E-state index >= 15 is 0 Å². The van der Waals surface area contributed by atoms with Crippen molar-refractivity contribution in [1.82, 2.24) is 19.9 Å². The molecule has 0 bridgehead atoms. The molecule has 1 saturated carbocycles. The quantitative estimate of drug-likeness (QED) is 0.927. The lowest BCUT2D eigenvalue weighted by molar-refractivity contribution is 0.0780. The van der Waals surface area contributed by atoms with Crippen molar-refractivity contribution in [1.29, 1.82) is 0 Å². The number of H-pyrrole nitrogens is 1. The van der Waals surface area contributed by atoms with E-state index in [0.29, 0.717) is 24.2 Å². The van der Waals surface area contributed by atoms with E-state index in [9.17, 15) is 9.59 Å². The molecule has 2 aromatic rings. The predicted molar refractivity (Wildman–Crippen MR) is 86.7 cm³/mol. The van der Waals surface area contributed by atoms with Gasteiger partial charge in [-0.2, -0.15) is 0 Å². The Kier molecular flexibility index (Phi) is 3.72. The molecule has 0 radical (unpaired) electrons. The Hall–Kier alpha value is -2.02. The fourth-order valence-corrected chi connectivity index (χ4v) is 3.82. The van der Waals surface area contributed by atoms with Crippen LogP contribution >= 0.6 is 11.3 Å². The summed E-state index contributed by atoms with van der Waals surface area (Å²) < 4.78 is 0. The van der Waals surface area contributed by atoms with E-state index in [2.05, 4.69) is 15.0 Å². The molecule has 2 aromatic heterocycles. The molecule has 1 aliphatic carbocycles. The van der Waals surface area contributed by atoms with Crippen molar-refractivity contribution in [3.05, 3.63) is 44.5 Å². The van der Waals surface area contributed by atoms with E-state index in [4.69, 9.17) is 0 Å². The lowest BCUT2D eigenvalue weighted by Crippen LogP contribution is -2.31. The second-order valence-corrected chi connectivity index (χ2v) is 7.31. The minimum Gasteiger partial charge on any atom is -0.337 e. The summed E-state index contributed by atoms with van der Waals surface area (Å²) in [6.07, 6.45) is 5.79. The third-order valence-electron chi connectivity index (χ3n) is 4.46. The summed E-state index contributed by atoms with van der Waals surface area (Å²) in [5, 5.41) is 3.10. The summed E-state index contributed by atoms with van der Waals surface area (Å²) >= 11 is 1.66. The van der Waals surface area contributed by atoms with Crippen LogP contribution in [0.1, 0.15) is 46.5 Å². The van der Waals surface area contributed by atoms with Crippen molar-refractivity contribution in [2.75, 3.05) is 13.1 Å². The number of nitrogens with zero attached hydrogens (tertiary/aromatic N) is 3. The number of carbonyl (C=O) groups excluding carboxylic acids is 1. The second kappa shape index (κ2) is 5.88. The number of thiazole rings is 1. The smallest absolute Gasteiger partial charge is 0.272 e. The molecule has 1 amide bonds. The number of carbonyl (C=O) groups is 1. The molecule has 0 spiro atoms. The van der Waals surface area contributed by atoms with Gasteiger partial charge in [0.05, 0.1) is 5.01 Å². The molecule has 7 heteroatoms. The highest BCUT2D eigenvalue weighted by Crippen LogP contribution is 2.37. The van der Waals surface area contributed by atoms with Gasteiger partial charge in [0.2, 0.25) is 0 Å². The van der Waals surface area contributed by atoms with Crippen molar-refractivity contribution < 1.29 is 4.79 Å². The fourth-order valence-electron chi connectivity index (χ4n) is 3.08. The Labute approximate surface area is 137 Å². The minimum atomic E-state index is -0.233. The largest absolute Gasteiger partial charge is 0.337 e. The number of amides is 1. The molecule has 6 nitrogen and oxygen atoms in total. The molecule has 4 rings (SSSR count). The predicted octanol–water partition coefficient (Wildman–Crippen LogP) is 1.81. The monoisotopic (exact) mass is 330 g/mol. The van der Waals surface area contributed by atoms with Gasteiger partial charge in [-0.15, -0.1) is 11.3 Å². The maximum absolute atomic E-state index is 12.6. The first-order valence-corrected chi connectivity index (χ1v) is 8.86. The number of hydrogen-bond donors (Lipinski definition) is 1. The van der Waals surface area contributed by atoms with E-state index in [1.807, 2.05) is 16.5 Å². The van der Waals surface area contributed by atoms with E-state index < -0.39 is 0 Å². The zero-order chi connectivity index (χ0) is 15.8. The average Bonchev–Trinajstić information content (AvgIpc) is 3.08. The van der Waals surface area contributed by atoms with Crippen LogP contribution in [0, 0.1) is 5.92 Å². The van der Waals surface area contributed by atoms with Crippen LogP contribution in [0.5, 0.6) is 0 Å². The molecular weight excluding hydrogens is 312 g/mol. The number of rotatable bonds is 4. The Morgan fingerprint density at radius 2 is 2.26 bits per heavy atom. The standard InChI is InChI=1S/C16H18N4O2S/c21-13-8-12(18-15(19-13)11-1-2-11)16(22)20-5-3-10(9-20)7-14-17-4-6-23-14/h4,6,8,10-11H,1-3,5,7,9H2,(H,18,19,21). The van der Waals surface area contributed by atoms with E-state index in [0.717, 1.165) is 37.2 Å². The maximum atomic E-state index is 12.6. The highest BCUT2D eigenvalue weighted by molar-refractivity contribution is 7.09. The van der Waals surface area contributed by atoms with Gasteiger partial charge in [0.1, 0.15) is 11.5 Å². The SMILES string of the molecule is O=C(c1cc(=O)[nH]c(C2CC2)n1)N1CCC(Cc2nccs2)C1. The van der Waals surface area contributed by atoms with Crippen molar-refractivity contribution in [3.63, 3.8) is 0 Å². The summed E-state index contributed by atoms with van der Waals surface area (Å²) in [7, 11) is 0. The summed E-state index contributed by atoms with van der Waals surface area (Å²) in [4.78, 5) is 37.7. The maximum Gasteiger partial charge on any atom is 0.272 e. The molecule has 2 fully saturated rings. The minimum absolute atomic E-state index is 0.125. The molecule has 1 atom stereocenters. The molecule has 3 heterocycles. The van der Waals surface area contributed by atoms with Gasteiger partial charge in [0, 0.05) is 43.1 Å². The zero-order valence-electron chi connectivity index (χ0n) is 12.7. The van der Waals surface area contributed by atoms with Gasteiger partial charge >= 0.3 is 0 Å². The van der Waals surface area contributed by atoms with Gasteiger partial charge in [-0.3, -0.25) is 9.59 Å². The van der Waals surface area contributed by atoms with Crippen LogP contribution in [0.25, 0.3) is 0 Å². The first-order valence-electron chi connectivity index (χ1n) is 7.98. The first kappa shape index (κ1) is 14.6. The summed E-state index contributed by atoms with van der Waals surface area (Å²) in [6, 6.07) is 1.32. The van der Waals surface area contributed by atoms with E-state index in [1.54, 1.807) is 11.3 Å². The number of aromatic amines is 1. The number of hydrogen-bond acceptors (Lipinski definition) is 5. The van der Waals surface area contributed by atoms with Gasteiger partial charge in [-0.05, 0) is 25.2 Å². The average molecular weight is 330 g/mol. The van der Waals surface area contributed by atoms with Crippen molar-refractivity contribution in [3.8, 4) is 0 Å². The van der Waals surface area contributed by atoms with Crippen LogP contribution in [-0.2, 0) is 6.42 Å². The Morgan fingerprint density at radius 1 is 1.39 bits per heavy atom. The van der Waals surface area contributed by atoms with Gasteiger partial charge in [0.15, 0.2) is 0 Å². The molecule has 1 aliphatic heterocycles.